The van der Waals surface area contributed by atoms with E-state index in [0.29, 0.717) is 34.4 Å². The number of pyridine rings is 3. The Morgan fingerprint density at radius 2 is 1.75 bits per heavy atom. The fourth-order valence-electron chi connectivity index (χ4n) is 3.38. The fraction of sp³-hybridized carbons (Fsp3) is 0.120. The van der Waals surface area contributed by atoms with Gasteiger partial charge in [-0.15, -0.1) is 0 Å². The zero-order valence-corrected chi connectivity index (χ0v) is 20.6. The number of primary amides is 1. The smallest absolute Gasteiger partial charge is 0.248 e. The summed E-state index contributed by atoms with van der Waals surface area (Å²) in [7, 11) is -3.56. The largest absolute Gasteiger partial charge is 0.455 e. The first-order chi connectivity index (χ1) is 17.1. The van der Waals surface area contributed by atoms with Crippen molar-refractivity contribution in [1.29, 1.82) is 0 Å². The van der Waals surface area contributed by atoms with Crippen LogP contribution in [0.5, 0.6) is 11.5 Å². The molecule has 0 atom stereocenters. The summed E-state index contributed by atoms with van der Waals surface area (Å²) in [6, 6.07) is 15.2. The highest BCUT2D eigenvalue weighted by Crippen LogP contribution is 2.33. The number of amides is 1. The van der Waals surface area contributed by atoms with Crippen molar-refractivity contribution < 1.29 is 17.9 Å². The summed E-state index contributed by atoms with van der Waals surface area (Å²) >= 11 is 0. The van der Waals surface area contributed by atoms with E-state index in [1.54, 1.807) is 24.5 Å². The lowest BCUT2D eigenvalue weighted by Crippen LogP contribution is -2.14. The summed E-state index contributed by atoms with van der Waals surface area (Å²) in [6.45, 7) is 3.87. The molecule has 0 aliphatic carbocycles. The van der Waals surface area contributed by atoms with E-state index in [0.717, 1.165) is 17.5 Å². The molecule has 1 amide bonds. The van der Waals surface area contributed by atoms with E-state index in [-0.39, 0.29) is 11.3 Å². The number of nitrogens with one attached hydrogen (secondary N) is 2. The monoisotopic (exact) mass is 504 g/mol. The van der Waals surface area contributed by atoms with Gasteiger partial charge in [0.25, 0.3) is 0 Å². The SMILES string of the molecule is Cc1cc(Oc2ccnc(Nc3cc(NS(C)(=O)=O)cc(C(N)=O)c3)c2)c(-c2ccccn2)nc1C. The molecule has 36 heavy (non-hydrogen) atoms. The molecule has 3 aromatic heterocycles. The van der Waals surface area contributed by atoms with Crippen molar-refractivity contribution in [3.63, 3.8) is 0 Å². The number of carbonyl (C=O) groups is 1. The lowest BCUT2D eigenvalue weighted by molar-refractivity contribution is 0.100. The molecular formula is C25H24N6O4S. The highest BCUT2D eigenvalue weighted by Gasteiger charge is 2.14. The van der Waals surface area contributed by atoms with E-state index >= 15 is 0 Å². The first-order valence-electron chi connectivity index (χ1n) is 10.8. The van der Waals surface area contributed by atoms with Crippen molar-refractivity contribution in [3.05, 3.63) is 83.8 Å². The number of aromatic nitrogens is 3. The molecule has 0 unspecified atom stereocenters. The van der Waals surface area contributed by atoms with Crippen LogP contribution in [0.1, 0.15) is 21.6 Å². The van der Waals surface area contributed by atoms with Crippen LogP contribution in [0.4, 0.5) is 17.2 Å². The molecule has 10 nitrogen and oxygen atoms in total. The van der Waals surface area contributed by atoms with Crippen LogP contribution in [0.3, 0.4) is 0 Å². The van der Waals surface area contributed by atoms with Crippen molar-refractivity contribution in [2.24, 2.45) is 5.73 Å². The standard InChI is InChI=1S/C25H24N6O4S/c1-15-10-22(24(29-16(15)2)21-6-4-5-8-27-21)35-20-7-9-28-23(14-20)30-18-11-17(25(26)32)12-19(13-18)31-36(3,33)34/h4-14,31H,1-3H3,(H2,26,32)(H,28,30). The van der Waals surface area contributed by atoms with Gasteiger partial charge in [0.15, 0.2) is 5.75 Å². The topological polar surface area (TPSA) is 149 Å². The molecule has 184 valence electrons. The number of hydrogen-bond acceptors (Lipinski definition) is 8. The number of hydrogen-bond donors (Lipinski definition) is 3. The molecular weight excluding hydrogens is 480 g/mol. The Kier molecular flexibility index (Phi) is 6.84. The first kappa shape index (κ1) is 24.6. The Morgan fingerprint density at radius 1 is 0.972 bits per heavy atom. The third-order valence-corrected chi connectivity index (χ3v) is 5.70. The van der Waals surface area contributed by atoms with E-state index < -0.39 is 15.9 Å². The molecule has 1 aromatic carbocycles. The van der Waals surface area contributed by atoms with Crippen LogP contribution in [0.15, 0.2) is 67.0 Å². The predicted octanol–water partition coefficient (Wildman–Crippen LogP) is 4.16. The minimum atomic E-state index is -3.56. The second kappa shape index (κ2) is 10.0. The van der Waals surface area contributed by atoms with Crippen LogP contribution in [0.2, 0.25) is 0 Å². The van der Waals surface area contributed by atoms with E-state index in [2.05, 4.69) is 25.0 Å². The minimum absolute atomic E-state index is 0.125. The van der Waals surface area contributed by atoms with Gasteiger partial charge in [0, 0.05) is 35.4 Å². The summed E-state index contributed by atoms with van der Waals surface area (Å²) in [5, 5.41) is 3.06. The molecule has 3 heterocycles. The molecule has 0 spiro atoms. The molecule has 0 saturated carbocycles. The average molecular weight is 505 g/mol. The van der Waals surface area contributed by atoms with Crippen molar-refractivity contribution >= 4 is 33.1 Å². The summed E-state index contributed by atoms with van der Waals surface area (Å²) < 4.78 is 31.8. The number of sulfonamides is 1. The van der Waals surface area contributed by atoms with E-state index in [1.165, 1.54) is 18.2 Å². The van der Waals surface area contributed by atoms with Crippen LogP contribution >= 0.6 is 0 Å². The van der Waals surface area contributed by atoms with Gasteiger partial charge in [0.1, 0.15) is 17.3 Å². The molecule has 0 bridgehead atoms. The Hall–Kier alpha value is -4.51. The van der Waals surface area contributed by atoms with Crippen LogP contribution in [0.25, 0.3) is 11.4 Å². The molecule has 11 heteroatoms. The maximum absolute atomic E-state index is 11.8. The van der Waals surface area contributed by atoms with Gasteiger partial charge in [-0.25, -0.2) is 18.4 Å². The van der Waals surface area contributed by atoms with Gasteiger partial charge in [0.2, 0.25) is 15.9 Å². The van der Waals surface area contributed by atoms with Crippen LogP contribution in [-0.4, -0.2) is 35.5 Å². The third-order valence-electron chi connectivity index (χ3n) is 5.09. The van der Waals surface area contributed by atoms with Gasteiger partial charge >= 0.3 is 0 Å². The highest BCUT2D eigenvalue weighted by atomic mass is 32.2. The predicted molar refractivity (Wildman–Crippen MR) is 138 cm³/mol. The zero-order valence-electron chi connectivity index (χ0n) is 19.8. The number of nitrogens with zero attached hydrogens (tertiary/aromatic N) is 3. The maximum atomic E-state index is 11.8. The molecule has 0 saturated heterocycles. The summed E-state index contributed by atoms with van der Waals surface area (Å²) in [4.78, 5) is 25.1. The lowest BCUT2D eigenvalue weighted by atomic mass is 10.1. The number of benzene rings is 1. The summed E-state index contributed by atoms with van der Waals surface area (Å²) in [5.74, 6) is 0.708. The molecule has 4 aromatic rings. The number of rotatable bonds is 8. The van der Waals surface area contributed by atoms with Gasteiger partial charge < -0.3 is 15.8 Å². The van der Waals surface area contributed by atoms with Crippen molar-refractivity contribution in [2.45, 2.75) is 13.8 Å². The lowest BCUT2D eigenvalue weighted by Gasteiger charge is -2.14. The summed E-state index contributed by atoms with van der Waals surface area (Å²) in [6.07, 6.45) is 4.26. The Labute approximate surface area is 208 Å². The Morgan fingerprint density at radius 3 is 2.44 bits per heavy atom. The van der Waals surface area contributed by atoms with E-state index in [4.69, 9.17) is 10.5 Å². The maximum Gasteiger partial charge on any atom is 0.248 e. The number of nitrogens with two attached hydrogens (primary N) is 1. The highest BCUT2D eigenvalue weighted by molar-refractivity contribution is 7.92. The molecule has 0 aliphatic heterocycles. The molecule has 4 N–H and O–H groups in total. The normalized spacial score (nSPS) is 11.1. The first-order valence-corrected chi connectivity index (χ1v) is 12.7. The second-order valence-electron chi connectivity index (χ2n) is 8.09. The summed E-state index contributed by atoms with van der Waals surface area (Å²) in [5.41, 5.74) is 9.25. The van der Waals surface area contributed by atoms with E-state index in [9.17, 15) is 13.2 Å². The van der Waals surface area contributed by atoms with Gasteiger partial charge in [-0.2, -0.15) is 0 Å². The molecule has 4 rings (SSSR count). The van der Waals surface area contributed by atoms with Gasteiger partial charge in [-0.05, 0) is 61.9 Å². The number of anilines is 3. The van der Waals surface area contributed by atoms with Crippen LogP contribution in [0, 0.1) is 13.8 Å². The van der Waals surface area contributed by atoms with E-state index in [1.807, 2.05) is 38.1 Å². The Bertz CT molecular complexity index is 1540. The number of carbonyl (C=O) groups excluding carboxylic acids is 1. The minimum Gasteiger partial charge on any atom is -0.455 e. The van der Waals surface area contributed by atoms with Gasteiger partial charge in [-0.3, -0.25) is 14.5 Å². The quantitative estimate of drug-likeness (QED) is 0.324. The number of aryl methyl sites for hydroxylation is 2. The molecule has 0 fully saturated rings. The zero-order chi connectivity index (χ0) is 25.9. The third kappa shape index (κ3) is 6.13. The van der Waals surface area contributed by atoms with Gasteiger partial charge in [-0.1, -0.05) is 6.07 Å². The van der Waals surface area contributed by atoms with Crippen molar-refractivity contribution in [3.8, 4) is 22.9 Å². The average Bonchev–Trinajstić information content (AvgIpc) is 2.81. The van der Waals surface area contributed by atoms with Crippen molar-refractivity contribution in [2.75, 3.05) is 16.3 Å². The molecule has 0 aliphatic rings. The fourth-order valence-corrected chi connectivity index (χ4v) is 3.92. The van der Waals surface area contributed by atoms with Crippen LogP contribution in [-0.2, 0) is 10.0 Å². The molecule has 0 radical (unpaired) electrons. The van der Waals surface area contributed by atoms with Crippen molar-refractivity contribution in [1.82, 2.24) is 15.0 Å². The van der Waals surface area contributed by atoms with Crippen LogP contribution < -0.4 is 20.5 Å². The van der Waals surface area contributed by atoms with Gasteiger partial charge in [0.05, 0.1) is 17.6 Å². The second-order valence-corrected chi connectivity index (χ2v) is 9.84. The number of ether oxygens (including phenoxy) is 1. The Balaban J connectivity index is 1.65.